The van der Waals surface area contributed by atoms with E-state index in [0.29, 0.717) is 48.5 Å². The number of tetrazole rings is 1. The highest BCUT2D eigenvalue weighted by molar-refractivity contribution is 5.84. The Hall–Kier alpha value is -4.00. The molecule has 0 bridgehead atoms. The van der Waals surface area contributed by atoms with Crippen LogP contribution in [0.15, 0.2) is 48.5 Å². The Balaban J connectivity index is 1.52. The molecule has 0 spiro atoms. The van der Waals surface area contributed by atoms with Gasteiger partial charge in [0.1, 0.15) is 5.75 Å². The van der Waals surface area contributed by atoms with Gasteiger partial charge in [0.15, 0.2) is 0 Å². The molecular weight excluding hydrogens is 515 g/mol. The molecule has 2 aromatic carbocycles. The Morgan fingerprint density at radius 3 is 2.62 bits per heavy atom. The quantitative estimate of drug-likeness (QED) is 0.425. The van der Waals surface area contributed by atoms with E-state index in [2.05, 4.69) is 26.2 Å². The molecule has 1 fully saturated rings. The first-order valence-electron chi connectivity index (χ1n) is 12.6. The second kappa shape index (κ2) is 12.2. The van der Waals surface area contributed by atoms with Crippen LogP contribution < -0.4 is 15.4 Å². The molecular formula is C26H30F3N7O3. The van der Waals surface area contributed by atoms with Crippen LogP contribution in [-0.2, 0) is 22.3 Å². The van der Waals surface area contributed by atoms with Gasteiger partial charge >= 0.3 is 6.18 Å². The van der Waals surface area contributed by atoms with E-state index in [-0.39, 0.29) is 36.0 Å². The monoisotopic (exact) mass is 545 g/mol. The fourth-order valence-electron chi connectivity index (χ4n) is 4.69. The summed E-state index contributed by atoms with van der Waals surface area (Å²) in [5.41, 5.74) is 1.83. The zero-order valence-corrected chi connectivity index (χ0v) is 21.6. The van der Waals surface area contributed by atoms with Gasteiger partial charge < -0.3 is 20.3 Å². The number of benzene rings is 2. The van der Waals surface area contributed by atoms with Gasteiger partial charge in [0.05, 0.1) is 19.3 Å². The number of carbonyl (C=O) groups excluding carboxylic acids is 2. The molecule has 0 saturated carbocycles. The van der Waals surface area contributed by atoms with E-state index in [1.54, 1.807) is 24.0 Å². The molecule has 1 aliphatic rings. The third kappa shape index (κ3) is 6.72. The van der Waals surface area contributed by atoms with E-state index in [9.17, 15) is 22.8 Å². The number of nitrogens with zero attached hydrogens (tertiary/aromatic N) is 5. The minimum Gasteiger partial charge on any atom is -0.496 e. The number of carbonyl (C=O) groups is 2. The third-order valence-electron chi connectivity index (χ3n) is 6.74. The van der Waals surface area contributed by atoms with Crippen LogP contribution in [0.5, 0.6) is 5.75 Å². The van der Waals surface area contributed by atoms with Crippen molar-refractivity contribution in [1.82, 2.24) is 35.7 Å². The fraction of sp³-hybridized carbons (Fsp3) is 0.423. The molecule has 208 valence electrons. The molecule has 0 aliphatic carbocycles. The standard InChI is InChI=1S/C26H30F3N7O3/c1-3-23(37)31-15-24(38)35-12-11-21(20(16-35)17-7-5-4-6-8-17)30-14-18-13-19(9-10-22(18)39-2)36-25(26(27,28)29)32-33-34-36/h4-10,13,20-21,30H,3,11-12,14-16H2,1-2H3,(H,31,37). The Bertz CT molecular complexity index is 1280. The SMILES string of the molecule is CCC(=O)NCC(=O)N1CCC(NCc2cc(-n3nnnc3C(F)(F)F)ccc2OC)C(c2ccccc2)C1. The Labute approximate surface area is 223 Å². The molecule has 10 nitrogen and oxygen atoms in total. The van der Waals surface area contributed by atoms with Crippen LogP contribution in [0.3, 0.4) is 0 Å². The minimum atomic E-state index is -4.71. The first-order chi connectivity index (χ1) is 18.7. The minimum absolute atomic E-state index is 0.0335. The predicted octanol–water partition coefficient (Wildman–Crippen LogP) is 2.69. The van der Waals surface area contributed by atoms with Crippen LogP contribution in [0.2, 0.25) is 0 Å². The summed E-state index contributed by atoms with van der Waals surface area (Å²) in [7, 11) is 1.49. The number of nitrogens with one attached hydrogen (secondary N) is 2. The molecule has 1 aliphatic heterocycles. The zero-order chi connectivity index (χ0) is 28.0. The molecule has 2 heterocycles. The number of piperidine rings is 1. The summed E-state index contributed by atoms with van der Waals surface area (Å²) in [5.74, 6) is -1.09. The van der Waals surface area contributed by atoms with Gasteiger partial charge in [0.25, 0.3) is 5.82 Å². The maximum Gasteiger partial charge on any atom is 0.453 e. The maximum atomic E-state index is 13.4. The lowest BCUT2D eigenvalue weighted by Crippen LogP contribution is -2.51. The lowest BCUT2D eigenvalue weighted by Gasteiger charge is -2.39. The van der Waals surface area contributed by atoms with Crippen LogP contribution in [0, 0.1) is 0 Å². The molecule has 4 rings (SSSR count). The van der Waals surface area contributed by atoms with E-state index in [1.165, 1.54) is 13.2 Å². The van der Waals surface area contributed by atoms with Crippen LogP contribution >= 0.6 is 0 Å². The highest BCUT2D eigenvalue weighted by Gasteiger charge is 2.38. The largest absolute Gasteiger partial charge is 0.496 e. The predicted molar refractivity (Wildman–Crippen MR) is 135 cm³/mol. The Kier molecular flexibility index (Phi) is 8.79. The first kappa shape index (κ1) is 28.0. The third-order valence-corrected chi connectivity index (χ3v) is 6.74. The molecule has 39 heavy (non-hydrogen) atoms. The average Bonchev–Trinajstić information content (AvgIpc) is 3.46. The van der Waals surface area contributed by atoms with Crippen molar-refractivity contribution in [2.75, 3.05) is 26.7 Å². The van der Waals surface area contributed by atoms with Gasteiger partial charge in [0.2, 0.25) is 11.8 Å². The van der Waals surface area contributed by atoms with Gasteiger partial charge in [-0.3, -0.25) is 9.59 Å². The lowest BCUT2D eigenvalue weighted by atomic mass is 9.85. The molecule has 2 N–H and O–H groups in total. The van der Waals surface area contributed by atoms with Crippen molar-refractivity contribution in [3.8, 4) is 11.4 Å². The number of amides is 2. The number of hydrogen-bond acceptors (Lipinski definition) is 7. The van der Waals surface area contributed by atoms with Crippen molar-refractivity contribution in [1.29, 1.82) is 0 Å². The summed E-state index contributed by atoms with van der Waals surface area (Å²) in [6.07, 6.45) is -3.77. The van der Waals surface area contributed by atoms with Crippen molar-refractivity contribution in [3.05, 3.63) is 65.5 Å². The van der Waals surface area contributed by atoms with Crippen molar-refractivity contribution in [2.45, 2.75) is 44.4 Å². The molecule has 0 radical (unpaired) electrons. The van der Waals surface area contributed by atoms with Crippen LogP contribution in [0.4, 0.5) is 13.2 Å². The fourth-order valence-corrected chi connectivity index (χ4v) is 4.69. The van der Waals surface area contributed by atoms with Gasteiger partial charge in [-0.2, -0.15) is 17.9 Å². The summed E-state index contributed by atoms with van der Waals surface area (Å²) in [6, 6.07) is 14.4. The molecule has 1 aromatic heterocycles. The van der Waals surface area contributed by atoms with E-state index >= 15 is 0 Å². The number of rotatable bonds is 9. The number of hydrogen-bond donors (Lipinski definition) is 2. The van der Waals surface area contributed by atoms with Crippen LogP contribution in [0.25, 0.3) is 5.69 Å². The number of ether oxygens (including phenoxy) is 1. The summed E-state index contributed by atoms with van der Waals surface area (Å²) in [6.45, 7) is 2.94. The van der Waals surface area contributed by atoms with Crippen molar-refractivity contribution in [3.63, 3.8) is 0 Å². The van der Waals surface area contributed by atoms with Gasteiger partial charge in [-0.25, -0.2) is 0 Å². The zero-order valence-electron chi connectivity index (χ0n) is 21.6. The van der Waals surface area contributed by atoms with Crippen molar-refractivity contribution < 1.29 is 27.5 Å². The lowest BCUT2D eigenvalue weighted by molar-refractivity contribution is -0.146. The number of aromatic nitrogens is 4. The Morgan fingerprint density at radius 1 is 1.15 bits per heavy atom. The number of alkyl halides is 3. The maximum absolute atomic E-state index is 13.4. The Morgan fingerprint density at radius 2 is 1.92 bits per heavy atom. The van der Waals surface area contributed by atoms with Crippen LogP contribution in [-0.4, -0.2) is 69.7 Å². The number of methoxy groups -OCH3 is 1. The van der Waals surface area contributed by atoms with Crippen molar-refractivity contribution >= 4 is 11.8 Å². The number of halogens is 3. The van der Waals surface area contributed by atoms with Crippen LogP contribution in [0.1, 0.15) is 42.6 Å². The molecule has 2 atom stereocenters. The first-order valence-corrected chi connectivity index (χ1v) is 12.6. The van der Waals surface area contributed by atoms with Gasteiger partial charge in [-0.05, 0) is 40.6 Å². The second-order valence-electron chi connectivity index (χ2n) is 9.17. The molecule has 3 aromatic rings. The summed E-state index contributed by atoms with van der Waals surface area (Å²) >= 11 is 0. The van der Waals surface area contributed by atoms with Gasteiger partial charge in [-0.1, -0.05) is 37.3 Å². The van der Waals surface area contributed by atoms with Gasteiger partial charge in [0, 0.05) is 43.6 Å². The van der Waals surface area contributed by atoms with Crippen molar-refractivity contribution in [2.24, 2.45) is 0 Å². The molecule has 13 heteroatoms. The summed E-state index contributed by atoms with van der Waals surface area (Å²) in [5, 5.41) is 16.0. The number of likely N-dealkylation sites (tertiary alicyclic amines) is 1. The normalized spacial score (nSPS) is 17.6. The van der Waals surface area contributed by atoms with E-state index < -0.39 is 12.0 Å². The second-order valence-corrected chi connectivity index (χ2v) is 9.17. The van der Waals surface area contributed by atoms with E-state index in [0.717, 1.165) is 5.56 Å². The van der Waals surface area contributed by atoms with Gasteiger partial charge in [-0.15, -0.1) is 5.10 Å². The highest BCUT2D eigenvalue weighted by Crippen LogP contribution is 2.31. The topological polar surface area (TPSA) is 114 Å². The van der Waals surface area contributed by atoms with E-state index in [4.69, 9.17) is 4.74 Å². The summed E-state index contributed by atoms with van der Waals surface area (Å²) < 4.78 is 46.2. The smallest absolute Gasteiger partial charge is 0.453 e. The molecule has 2 unspecified atom stereocenters. The summed E-state index contributed by atoms with van der Waals surface area (Å²) in [4.78, 5) is 26.1. The highest BCUT2D eigenvalue weighted by atomic mass is 19.4. The molecule has 1 saturated heterocycles. The van der Waals surface area contributed by atoms with E-state index in [1.807, 2.05) is 30.3 Å². The average molecular weight is 546 g/mol. The molecule has 2 amide bonds.